The maximum atomic E-state index is 14.2. The molecule has 0 radical (unpaired) electrons. The van der Waals surface area contributed by atoms with E-state index in [9.17, 15) is 38.7 Å². The van der Waals surface area contributed by atoms with Crippen molar-refractivity contribution in [1.82, 2.24) is 31.1 Å². The van der Waals surface area contributed by atoms with Crippen LogP contribution in [0.1, 0.15) is 85.8 Å². The molecule has 15 nitrogen and oxygen atoms in total. The van der Waals surface area contributed by atoms with Gasteiger partial charge >= 0.3 is 6.09 Å². The number of likely N-dealkylation sites (N-methyl/N-ethyl adjacent to an activating group) is 1. The third-order valence-corrected chi connectivity index (χ3v) is 10.6. The van der Waals surface area contributed by atoms with Crippen LogP contribution in [0.2, 0.25) is 0 Å². The number of nitrogens with zero attached hydrogens (tertiary/aromatic N) is 2. The molecule has 2 aliphatic carbocycles. The fourth-order valence-electron chi connectivity index (χ4n) is 7.30. The van der Waals surface area contributed by atoms with Crippen LogP contribution < -0.4 is 21.3 Å². The second kappa shape index (κ2) is 15.8. The first-order chi connectivity index (χ1) is 24.5. The van der Waals surface area contributed by atoms with Crippen LogP contribution >= 0.6 is 0 Å². The lowest BCUT2D eigenvalue weighted by Gasteiger charge is -2.37. The van der Waals surface area contributed by atoms with E-state index in [-0.39, 0.29) is 42.0 Å². The molecule has 0 spiro atoms. The summed E-state index contributed by atoms with van der Waals surface area (Å²) in [5, 5.41) is 21.2. The normalized spacial score (nSPS) is 22.2. The van der Waals surface area contributed by atoms with Crippen molar-refractivity contribution < 1.29 is 43.4 Å². The summed E-state index contributed by atoms with van der Waals surface area (Å²) in [6, 6.07) is 3.87. The molecule has 1 heterocycles. The average Bonchev–Trinajstić information content (AvgIpc) is 3.35. The lowest BCUT2D eigenvalue weighted by Crippen LogP contribution is -2.63. The minimum absolute atomic E-state index is 0.0483. The average molecular weight is 741 g/mol. The van der Waals surface area contributed by atoms with E-state index < -0.39 is 77.4 Å². The Morgan fingerprint density at radius 3 is 2.11 bits per heavy atom. The van der Waals surface area contributed by atoms with Gasteiger partial charge in [-0.1, -0.05) is 63.4 Å². The number of Topliss-reactive ketones (excluding diaryl/α,β-unsaturated/α-hetero) is 1. The summed E-state index contributed by atoms with van der Waals surface area (Å²) in [5.74, 6) is -4.63. The van der Waals surface area contributed by atoms with Crippen LogP contribution in [-0.2, 0) is 33.5 Å². The number of ketones is 1. The number of hydrogen-bond acceptors (Lipinski definition) is 9. The number of benzene rings is 1. The Balaban J connectivity index is 1.48. The van der Waals surface area contributed by atoms with Gasteiger partial charge in [-0.15, -0.1) is 0 Å². The van der Waals surface area contributed by atoms with Crippen LogP contribution in [0.4, 0.5) is 4.79 Å². The molecule has 1 aromatic carbocycles. The molecule has 1 aromatic rings. The lowest BCUT2D eigenvalue weighted by molar-refractivity contribution is -0.147. The van der Waals surface area contributed by atoms with Crippen LogP contribution in [0.5, 0.6) is 0 Å². The number of piperidine rings is 1. The molecule has 3 aliphatic rings. The second-order valence-corrected chi connectivity index (χ2v) is 16.9. The first-order valence-electron chi connectivity index (χ1n) is 18.2. The van der Waals surface area contributed by atoms with E-state index in [0.29, 0.717) is 5.56 Å². The minimum Gasteiger partial charge on any atom is -0.444 e. The molecule has 0 bridgehead atoms. The first-order valence-corrected chi connectivity index (χ1v) is 18.2. The van der Waals surface area contributed by atoms with Gasteiger partial charge in [-0.05, 0) is 69.8 Å². The Kier molecular flexibility index (Phi) is 12.3. The Morgan fingerprint density at radius 1 is 0.962 bits per heavy atom. The van der Waals surface area contributed by atoms with Gasteiger partial charge < -0.3 is 40.9 Å². The summed E-state index contributed by atoms with van der Waals surface area (Å²) < 4.78 is 5.33. The number of amides is 6. The molecule has 4 rings (SSSR count). The zero-order valence-electron chi connectivity index (χ0n) is 32.3. The number of ether oxygens (including phenoxy) is 1. The summed E-state index contributed by atoms with van der Waals surface area (Å²) >= 11 is 0. The quantitative estimate of drug-likeness (QED) is 0.175. The zero-order chi connectivity index (χ0) is 39.6. The van der Waals surface area contributed by atoms with Gasteiger partial charge in [0.05, 0.1) is 18.2 Å². The zero-order valence-corrected chi connectivity index (χ0v) is 32.3. The third-order valence-electron chi connectivity index (χ3n) is 10.6. The van der Waals surface area contributed by atoms with Gasteiger partial charge in [0.25, 0.3) is 5.91 Å². The van der Waals surface area contributed by atoms with E-state index in [1.807, 2.05) is 13.8 Å². The molecule has 6 amide bonds. The Morgan fingerprint density at radius 2 is 1.58 bits per heavy atom. The summed E-state index contributed by atoms with van der Waals surface area (Å²) in [4.78, 5) is 96.2. The number of rotatable bonds is 14. The molecule has 292 valence electrons. The van der Waals surface area contributed by atoms with E-state index in [0.717, 1.165) is 19.3 Å². The van der Waals surface area contributed by atoms with Gasteiger partial charge in [-0.25, -0.2) is 4.79 Å². The highest BCUT2D eigenvalue weighted by Gasteiger charge is 2.70. The van der Waals surface area contributed by atoms with Gasteiger partial charge in [0.15, 0.2) is 0 Å². The van der Waals surface area contributed by atoms with Crippen molar-refractivity contribution in [3.63, 3.8) is 0 Å². The maximum Gasteiger partial charge on any atom is 0.408 e. The van der Waals surface area contributed by atoms with Gasteiger partial charge in [0.2, 0.25) is 29.4 Å². The Hall–Kier alpha value is -4.53. The van der Waals surface area contributed by atoms with Crippen molar-refractivity contribution >= 4 is 41.4 Å². The smallest absolute Gasteiger partial charge is 0.408 e. The van der Waals surface area contributed by atoms with Crippen molar-refractivity contribution in [2.45, 2.75) is 110 Å². The van der Waals surface area contributed by atoms with E-state index in [2.05, 4.69) is 21.3 Å². The fourth-order valence-corrected chi connectivity index (χ4v) is 7.30. The van der Waals surface area contributed by atoms with Crippen LogP contribution in [-0.4, -0.2) is 113 Å². The van der Waals surface area contributed by atoms with Crippen molar-refractivity contribution in [2.24, 2.45) is 23.2 Å². The van der Waals surface area contributed by atoms with Gasteiger partial charge in [-0.3, -0.25) is 28.8 Å². The molecule has 2 saturated carbocycles. The van der Waals surface area contributed by atoms with Crippen LogP contribution in [0.25, 0.3) is 0 Å². The first kappa shape index (κ1) is 41.2. The number of alkyl carbamates (subject to hydrolysis) is 1. The van der Waals surface area contributed by atoms with Crippen LogP contribution in [0.15, 0.2) is 30.3 Å². The van der Waals surface area contributed by atoms with Crippen molar-refractivity contribution in [3.8, 4) is 0 Å². The van der Waals surface area contributed by atoms with Gasteiger partial charge in [0, 0.05) is 20.6 Å². The molecule has 1 aliphatic heterocycles. The largest absolute Gasteiger partial charge is 0.444 e. The minimum atomic E-state index is -1.73. The number of carbonyl (C=O) groups is 7. The monoisotopic (exact) mass is 740 g/mol. The molecular formula is C38H56N6O9. The van der Waals surface area contributed by atoms with Gasteiger partial charge in [0.1, 0.15) is 23.7 Å². The van der Waals surface area contributed by atoms with Crippen LogP contribution in [0, 0.1) is 23.2 Å². The van der Waals surface area contributed by atoms with Gasteiger partial charge in [-0.2, -0.15) is 0 Å². The standard InChI is InChI=1S/C38H56N6O9/c1-36(2,3)53-35(51)42-30(38(6,7)52)34(50)44-20-23-26(37(23,4)5)28(44)31(47)40-24(18-21-14-13-15-21)29(46)32(48)39-19-25(45)41-27(33(49)43(8)9)22-16-11-10-12-17-22/h10-12,16-17,21,23-24,26-28,30,52H,13-15,18-20H2,1-9H3,(H,39,48)(H,40,47)(H,41,45)(H,42,51)/t23-,24?,26-,27-,28-,30+/m0/s1. The molecule has 5 N–H and O–H groups in total. The highest BCUT2D eigenvalue weighted by molar-refractivity contribution is 6.38. The summed E-state index contributed by atoms with van der Waals surface area (Å²) in [5.41, 5.74) is -2.36. The SMILES string of the molecule is CN(C)C(=O)[C@@H](NC(=O)CNC(=O)C(=O)C(CC1CCC1)NC(=O)[C@@H]1[C@@H]2[C@H](CN1C(=O)[C@@H](NC(=O)OC(C)(C)C)C(C)(C)O)C2(C)C)c1ccccc1. The number of hydrogen-bond donors (Lipinski definition) is 5. The lowest BCUT2D eigenvalue weighted by atomic mass is 9.80. The Bertz CT molecular complexity index is 1580. The van der Waals surface area contributed by atoms with Crippen molar-refractivity contribution in [3.05, 3.63) is 35.9 Å². The summed E-state index contributed by atoms with van der Waals surface area (Å²) in [7, 11) is 3.11. The van der Waals surface area contributed by atoms with Crippen molar-refractivity contribution in [2.75, 3.05) is 27.2 Å². The van der Waals surface area contributed by atoms with Crippen molar-refractivity contribution in [1.29, 1.82) is 0 Å². The molecule has 1 saturated heterocycles. The molecule has 53 heavy (non-hydrogen) atoms. The predicted octanol–water partition coefficient (Wildman–Crippen LogP) is 1.44. The molecule has 1 unspecified atom stereocenters. The summed E-state index contributed by atoms with van der Waals surface area (Å²) in [6.45, 7) is 11.3. The highest BCUT2D eigenvalue weighted by Crippen LogP contribution is 2.65. The third kappa shape index (κ3) is 9.92. The fraction of sp³-hybridized carbons (Fsp3) is 0.658. The summed E-state index contributed by atoms with van der Waals surface area (Å²) in [6.07, 6.45) is 1.88. The topological polar surface area (TPSA) is 204 Å². The highest BCUT2D eigenvalue weighted by atomic mass is 16.6. The van der Waals surface area contributed by atoms with E-state index >= 15 is 0 Å². The number of likely N-dealkylation sites (tertiary alicyclic amines) is 1. The molecular weight excluding hydrogens is 684 g/mol. The molecule has 6 atom stereocenters. The second-order valence-electron chi connectivity index (χ2n) is 16.9. The van der Waals surface area contributed by atoms with E-state index in [1.54, 1.807) is 65.2 Å². The number of aliphatic hydroxyl groups is 1. The molecule has 15 heteroatoms. The Labute approximate surface area is 311 Å². The number of nitrogens with one attached hydrogen (secondary N) is 4. The number of carbonyl (C=O) groups excluding carboxylic acids is 7. The number of fused-ring (bicyclic) bond motifs is 1. The van der Waals surface area contributed by atoms with E-state index in [1.165, 1.54) is 23.6 Å². The molecule has 3 fully saturated rings. The van der Waals surface area contributed by atoms with E-state index in [4.69, 9.17) is 4.74 Å². The molecule has 0 aromatic heterocycles. The van der Waals surface area contributed by atoms with Crippen LogP contribution in [0.3, 0.4) is 0 Å². The maximum absolute atomic E-state index is 14.2. The predicted molar refractivity (Wildman–Crippen MR) is 194 cm³/mol.